The third kappa shape index (κ3) is 7.62. The summed E-state index contributed by atoms with van der Waals surface area (Å²) in [6.45, 7) is 13.9. The smallest absolute Gasteiger partial charge is 0.335 e. The Kier molecular flexibility index (Phi) is 13.2. The summed E-state index contributed by atoms with van der Waals surface area (Å²) < 4.78 is 36.0. The van der Waals surface area contributed by atoms with Crippen LogP contribution in [0.15, 0.2) is 11.6 Å². The Morgan fingerprint density at radius 2 is 1.40 bits per heavy atom. The summed E-state index contributed by atoms with van der Waals surface area (Å²) in [6.07, 6.45) is -15.2. The zero-order chi connectivity index (χ0) is 47.6. The predicted molar refractivity (Wildman–Crippen MR) is 225 cm³/mol. The Bertz CT molecular complexity index is 1810. The summed E-state index contributed by atoms with van der Waals surface area (Å²) >= 11 is 0. The van der Waals surface area contributed by atoms with Gasteiger partial charge in [-0.25, -0.2) is 4.79 Å². The number of rotatable bonds is 9. The number of ether oxygens (including phenoxy) is 6. The highest BCUT2D eigenvalue weighted by Crippen LogP contribution is 2.76. The fraction of sp³-hybridized carbons (Fsp3) is 0.915. The lowest BCUT2D eigenvalue weighted by Crippen LogP contribution is -2.68. The summed E-state index contributed by atoms with van der Waals surface area (Å²) in [5.74, 6) is -1.57. The third-order valence-electron chi connectivity index (χ3n) is 19.0. The molecule has 24 atom stereocenters. The standard InChI is InChI=1S/C47H74O18/c1-21-29(52)31(54)34(57)39(61-21)64-36-30(53)24(50)18-60-40(36)65-37-33(56)32(55)35(38(58)59)63-41(37)62-28-11-13-47(20-49)25(42(28,2)3)10-12-46(7)26(47)9-8-22-23-16-43(4,19-48)17-27(51)44(23,5)14-15-45(22,46)6/h16,20-22,24-37,39-41,48,50-57H,8-15,17-19H2,1-7H3,(H,58,59)/t21-,22+,24+,25+,26+,27+,28-,29-,30-,31+,32-,33-,34+,35-,36+,37+,39-,40-,41+,43-,44+,45+,46+,47+/m0/s1. The lowest BCUT2D eigenvalue weighted by molar-refractivity contribution is -0.386. The maximum absolute atomic E-state index is 14.0. The molecule has 8 aliphatic rings. The van der Waals surface area contributed by atoms with E-state index in [9.17, 15) is 60.7 Å². The zero-order valence-electron chi connectivity index (χ0n) is 38.6. The number of aldehydes is 1. The molecule has 4 saturated carbocycles. The minimum Gasteiger partial charge on any atom is -0.479 e. The van der Waals surface area contributed by atoms with Crippen LogP contribution in [0.25, 0.3) is 0 Å². The van der Waals surface area contributed by atoms with Crippen LogP contribution in [0, 0.1) is 50.2 Å². The molecule has 8 rings (SSSR count). The van der Waals surface area contributed by atoms with Crippen molar-refractivity contribution in [1.82, 2.24) is 0 Å². The first-order valence-corrected chi connectivity index (χ1v) is 23.7. The summed E-state index contributed by atoms with van der Waals surface area (Å²) in [6, 6.07) is 0. The van der Waals surface area contributed by atoms with Crippen molar-refractivity contribution in [2.75, 3.05) is 13.2 Å². The van der Waals surface area contributed by atoms with Gasteiger partial charge in [0.1, 0.15) is 61.2 Å². The van der Waals surface area contributed by atoms with Crippen LogP contribution in [0.4, 0.5) is 0 Å². The highest BCUT2D eigenvalue weighted by atomic mass is 16.8. The number of fused-ring (bicyclic) bond motifs is 7. The van der Waals surface area contributed by atoms with Gasteiger partial charge >= 0.3 is 5.97 Å². The quantitative estimate of drug-likeness (QED) is 0.0857. The number of hydrogen-bond donors (Lipinski definition) is 10. The van der Waals surface area contributed by atoms with Crippen LogP contribution in [0.3, 0.4) is 0 Å². The molecule has 0 spiro atoms. The molecule has 0 aromatic heterocycles. The zero-order valence-corrected chi connectivity index (χ0v) is 38.6. The van der Waals surface area contributed by atoms with Gasteiger partial charge in [0.05, 0.1) is 31.5 Å². The van der Waals surface area contributed by atoms with E-state index in [0.29, 0.717) is 25.7 Å². The van der Waals surface area contributed by atoms with Crippen molar-refractivity contribution in [1.29, 1.82) is 0 Å². The normalized spacial score (nSPS) is 55.4. The lowest BCUT2D eigenvalue weighted by Gasteiger charge is -2.72. The van der Waals surface area contributed by atoms with Crippen LogP contribution in [0.2, 0.25) is 0 Å². The van der Waals surface area contributed by atoms with Gasteiger partial charge in [-0.3, -0.25) is 0 Å². The second-order valence-corrected chi connectivity index (χ2v) is 22.8. The van der Waals surface area contributed by atoms with E-state index in [0.717, 1.165) is 32.1 Å². The summed E-state index contributed by atoms with van der Waals surface area (Å²) in [5, 5.41) is 108. The minimum absolute atomic E-state index is 0.0204. The molecule has 7 fully saturated rings. The van der Waals surface area contributed by atoms with E-state index in [4.69, 9.17) is 28.4 Å². The average molecular weight is 927 g/mol. The van der Waals surface area contributed by atoms with Gasteiger partial charge in [-0.05, 0) is 98.7 Å². The number of aliphatic hydroxyl groups excluding tert-OH is 9. The van der Waals surface area contributed by atoms with E-state index in [2.05, 4.69) is 26.8 Å². The van der Waals surface area contributed by atoms with Crippen molar-refractivity contribution in [2.45, 2.75) is 204 Å². The van der Waals surface area contributed by atoms with Crippen LogP contribution in [-0.2, 0) is 38.0 Å². The van der Waals surface area contributed by atoms with Crippen molar-refractivity contribution < 1.29 is 89.1 Å². The second kappa shape index (κ2) is 17.3. The van der Waals surface area contributed by atoms with Crippen LogP contribution < -0.4 is 0 Å². The van der Waals surface area contributed by atoms with Crippen molar-refractivity contribution >= 4 is 12.3 Å². The number of hydrogen-bond acceptors (Lipinski definition) is 17. The molecule has 0 radical (unpaired) electrons. The van der Waals surface area contributed by atoms with Gasteiger partial charge in [0.2, 0.25) is 0 Å². The molecule has 65 heavy (non-hydrogen) atoms. The molecule has 5 aliphatic carbocycles. The first-order valence-electron chi connectivity index (χ1n) is 23.7. The first-order chi connectivity index (χ1) is 30.3. The number of carboxylic acids is 1. The number of carbonyl (C=O) groups is 2. The maximum atomic E-state index is 14.0. The van der Waals surface area contributed by atoms with Gasteiger partial charge in [-0.15, -0.1) is 0 Å². The largest absolute Gasteiger partial charge is 0.479 e. The third-order valence-corrected chi connectivity index (χ3v) is 19.0. The minimum atomic E-state index is -2.02. The molecule has 3 heterocycles. The Balaban J connectivity index is 1.05. The molecule has 18 heteroatoms. The number of aliphatic hydroxyl groups is 9. The van der Waals surface area contributed by atoms with E-state index in [-0.39, 0.29) is 40.6 Å². The van der Waals surface area contributed by atoms with Crippen LogP contribution in [-0.4, -0.2) is 175 Å². The van der Waals surface area contributed by atoms with E-state index in [1.807, 2.05) is 20.8 Å². The molecule has 370 valence electrons. The average Bonchev–Trinajstić information content (AvgIpc) is 3.25. The van der Waals surface area contributed by atoms with Crippen molar-refractivity contribution in [3.8, 4) is 0 Å². The van der Waals surface area contributed by atoms with Crippen molar-refractivity contribution in [2.24, 2.45) is 50.2 Å². The fourth-order valence-corrected chi connectivity index (χ4v) is 14.7. The van der Waals surface area contributed by atoms with Crippen LogP contribution in [0.5, 0.6) is 0 Å². The van der Waals surface area contributed by atoms with Gasteiger partial charge in [0, 0.05) is 16.2 Å². The van der Waals surface area contributed by atoms with Crippen molar-refractivity contribution in [3.05, 3.63) is 11.6 Å². The lowest BCUT2D eigenvalue weighted by atomic mass is 9.32. The Morgan fingerprint density at radius 3 is 2.06 bits per heavy atom. The number of carbonyl (C=O) groups excluding carboxylic acids is 1. The summed E-state index contributed by atoms with van der Waals surface area (Å²) in [5.41, 5.74) is -1.58. The molecule has 0 unspecified atom stereocenters. The Labute approximate surface area is 380 Å². The summed E-state index contributed by atoms with van der Waals surface area (Å²) in [4.78, 5) is 26.4. The van der Waals surface area contributed by atoms with Crippen LogP contribution >= 0.6 is 0 Å². The molecular weight excluding hydrogens is 852 g/mol. The summed E-state index contributed by atoms with van der Waals surface area (Å²) in [7, 11) is 0. The van der Waals surface area contributed by atoms with Crippen LogP contribution in [0.1, 0.15) is 106 Å². The van der Waals surface area contributed by atoms with E-state index >= 15 is 0 Å². The molecular formula is C47H74O18. The Hall–Kier alpha value is -1.72. The van der Waals surface area contributed by atoms with Gasteiger partial charge in [0.15, 0.2) is 25.0 Å². The van der Waals surface area contributed by atoms with Crippen molar-refractivity contribution in [3.63, 3.8) is 0 Å². The van der Waals surface area contributed by atoms with E-state index in [1.165, 1.54) is 18.8 Å². The molecule has 0 amide bonds. The Morgan fingerprint density at radius 1 is 0.723 bits per heavy atom. The molecule has 0 aromatic carbocycles. The van der Waals surface area contributed by atoms with E-state index in [1.54, 1.807) is 0 Å². The van der Waals surface area contributed by atoms with E-state index < -0.39 is 127 Å². The predicted octanol–water partition coefficient (Wildman–Crippen LogP) is 0.523. The second-order valence-electron chi connectivity index (χ2n) is 22.8. The maximum Gasteiger partial charge on any atom is 0.335 e. The highest BCUT2D eigenvalue weighted by Gasteiger charge is 2.71. The molecule has 0 bridgehead atoms. The molecule has 3 aliphatic heterocycles. The molecule has 18 nitrogen and oxygen atoms in total. The topological polar surface area (TPSA) is 292 Å². The fourth-order valence-electron chi connectivity index (χ4n) is 14.7. The first kappa shape index (κ1) is 49.7. The number of aliphatic carboxylic acids is 1. The van der Waals surface area contributed by atoms with Gasteiger partial charge in [-0.2, -0.15) is 0 Å². The van der Waals surface area contributed by atoms with Gasteiger partial charge in [-0.1, -0.05) is 53.2 Å². The van der Waals surface area contributed by atoms with Gasteiger partial charge in [0.25, 0.3) is 0 Å². The SMILES string of the molecule is C[C@@H]1O[C@@H](O[C@H]2[C@H](O[C@H]3[C@H](O[C@H]4CC[C@@]5(C=O)[C@H](CC[C@]6(C)[C@H]5CC[C@@H]5C7=C[C@](C)(CO)C[C@@H](O)[C@]7(C)CC[C@]56C)C4(C)C)O[C@H](C(=O)O)[C@@H](O)[C@@H]3O)OC[C@@H](O)[C@@H]2O)[C@H](O)[C@H](O)[C@H]1O. The highest BCUT2D eigenvalue weighted by molar-refractivity contribution is 5.73. The number of carboxylic acid groups (broad SMARTS) is 1. The molecule has 0 aromatic rings. The monoisotopic (exact) mass is 926 g/mol. The molecule has 10 N–H and O–H groups in total. The van der Waals surface area contributed by atoms with Gasteiger partial charge < -0.3 is 84.3 Å². The molecule has 3 saturated heterocycles.